The molecule has 164 valence electrons. The fourth-order valence-corrected chi connectivity index (χ4v) is 4.51. The van der Waals surface area contributed by atoms with E-state index in [0.717, 1.165) is 55.5 Å². The minimum atomic E-state index is -0.956. The number of aliphatic imine (C=N–C) groups is 2. The second-order valence-electron chi connectivity index (χ2n) is 8.56. The molecule has 9 nitrogen and oxygen atoms in total. The summed E-state index contributed by atoms with van der Waals surface area (Å²) in [6.45, 7) is 5.73. The van der Waals surface area contributed by atoms with Crippen LogP contribution in [-0.2, 0) is 19.4 Å². The zero-order valence-corrected chi connectivity index (χ0v) is 17.8. The highest BCUT2D eigenvalue weighted by atomic mass is 15.4. The van der Waals surface area contributed by atoms with Gasteiger partial charge in [0, 0.05) is 32.5 Å². The van der Waals surface area contributed by atoms with Gasteiger partial charge in [0.2, 0.25) is 11.9 Å². The predicted molar refractivity (Wildman–Crippen MR) is 121 cm³/mol. The Morgan fingerprint density at radius 2 is 1.97 bits per heavy atom. The van der Waals surface area contributed by atoms with Crippen LogP contribution in [0.15, 0.2) is 46.6 Å². The average molecular weight is 422 g/mol. The van der Waals surface area contributed by atoms with Gasteiger partial charge in [-0.3, -0.25) is 5.73 Å². The second-order valence-corrected chi connectivity index (χ2v) is 8.56. The number of nitrogens with one attached hydrogen (secondary N) is 3. The Morgan fingerprint density at radius 3 is 2.81 bits per heavy atom. The number of nitrogens with zero attached hydrogens (tertiary/aromatic N) is 5. The number of H-pyrrole nitrogens is 1. The van der Waals surface area contributed by atoms with E-state index in [1.807, 2.05) is 18.2 Å². The first-order valence-electron chi connectivity index (χ1n) is 11.2. The van der Waals surface area contributed by atoms with Crippen molar-refractivity contribution in [1.82, 2.24) is 30.4 Å². The van der Waals surface area contributed by atoms with Crippen molar-refractivity contribution in [1.29, 1.82) is 0 Å². The third-order valence-corrected chi connectivity index (χ3v) is 6.15. The molecule has 0 bridgehead atoms. The molecule has 0 saturated carbocycles. The van der Waals surface area contributed by atoms with Crippen molar-refractivity contribution < 1.29 is 0 Å². The molecule has 0 amide bonds. The van der Waals surface area contributed by atoms with Crippen LogP contribution in [0.1, 0.15) is 29.8 Å². The number of aromatic amines is 1. The molecule has 1 aromatic heterocycles. The molecule has 3 aliphatic rings. The maximum absolute atomic E-state index is 6.77. The number of nitrogens with two attached hydrogens (primary N) is 1. The Bertz CT molecular complexity index is 945. The van der Waals surface area contributed by atoms with Crippen molar-refractivity contribution in [2.45, 2.75) is 38.0 Å². The Morgan fingerprint density at radius 1 is 1.13 bits per heavy atom. The topological polar surface area (TPSA) is 110 Å². The zero-order chi connectivity index (χ0) is 21.1. The Balaban J connectivity index is 1.33. The largest absolute Gasteiger partial charge is 0.353 e. The normalized spacial score (nSPS) is 23.7. The van der Waals surface area contributed by atoms with E-state index in [2.05, 4.69) is 42.5 Å². The van der Waals surface area contributed by atoms with Gasteiger partial charge in [-0.2, -0.15) is 4.99 Å². The van der Waals surface area contributed by atoms with E-state index < -0.39 is 5.79 Å². The fourth-order valence-electron chi connectivity index (χ4n) is 4.51. The first kappa shape index (κ1) is 20.0. The van der Waals surface area contributed by atoms with E-state index in [1.54, 1.807) is 6.33 Å². The lowest BCUT2D eigenvalue weighted by molar-refractivity contribution is 0.324. The number of guanidine groups is 2. The van der Waals surface area contributed by atoms with Crippen LogP contribution in [0.3, 0.4) is 0 Å². The van der Waals surface area contributed by atoms with Crippen LogP contribution >= 0.6 is 0 Å². The summed E-state index contributed by atoms with van der Waals surface area (Å²) in [5, 5.41) is 6.84. The number of benzene rings is 1. The van der Waals surface area contributed by atoms with Crippen LogP contribution in [0.5, 0.6) is 0 Å². The summed E-state index contributed by atoms with van der Waals surface area (Å²) >= 11 is 0. The molecule has 1 unspecified atom stereocenters. The van der Waals surface area contributed by atoms with Crippen LogP contribution in [0.2, 0.25) is 0 Å². The van der Waals surface area contributed by atoms with Gasteiger partial charge in [-0.25, -0.2) is 9.98 Å². The van der Waals surface area contributed by atoms with Gasteiger partial charge in [0.05, 0.1) is 24.3 Å². The minimum Gasteiger partial charge on any atom is -0.353 e. The van der Waals surface area contributed by atoms with Gasteiger partial charge in [-0.15, -0.1) is 0 Å². The summed E-state index contributed by atoms with van der Waals surface area (Å²) in [7, 11) is 0. The maximum atomic E-state index is 6.77. The van der Waals surface area contributed by atoms with Gasteiger partial charge in [0.25, 0.3) is 0 Å². The number of hydrogen-bond donors (Lipinski definition) is 4. The van der Waals surface area contributed by atoms with Crippen LogP contribution < -0.4 is 16.4 Å². The van der Waals surface area contributed by atoms with Gasteiger partial charge >= 0.3 is 0 Å². The van der Waals surface area contributed by atoms with Crippen molar-refractivity contribution in [3.63, 3.8) is 0 Å². The van der Waals surface area contributed by atoms with Gasteiger partial charge in [-0.1, -0.05) is 30.3 Å². The lowest BCUT2D eigenvalue weighted by Gasteiger charge is -2.37. The highest BCUT2D eigenvalue weighted by Gasteiger charge is 2.33. The zero-order valence-electron chi connectivity index (χ0n) is 17.8. The molecule has 4 heterocycles. The number of imidazole rings is 1. The highest BCUT2D eigenvalue weighted by Crippen LogP contribution is 2.19. The van der Waals surface area contributed by atoms with E-state index in [4.69, 9.17) is 15.7 Å². The third kappa shape index (κ3) is 4.72. The molecular weight excluding hydrogens is 390 g/mol. The van der Waals surface area contributed by atoms with Gasteiger partial charge in [-0.05, 0) is 31.5 Å². The number of aromatic nitrogens is 2. The Labute approximate surface area is 182 Å². The van der Waals surface area contributed by atoms with Crippen molar-refractivity contribution >= 4 is 11.9 Å². The summed E-state index contributed by atoms with van der Waals surface area (Å²) in [5.41, 5.74) is 10.2. The standard InChI is InChI=1S/C22H31N9/c23-22(14-17-6-2-1-3-7-17)28-20(24-9-13-30-10-4-5-11-30)27-21(29-22)31-12-8-18-19(15-31)26-16-25-18/h1-3,6-7,16H,4-5,8-15,23H2,(H,25,26)(H2,24,27,28,29). The molecule has 0 aliphatic carbocycles. The summed E-state index contributed by atoms with van der Waals surface area (Å²) in [6, 6.07) is 10.2. The molecular formula is C22H31N9. The fraction of sp³-hybridized carbons (Fsp3) is 0.500. The first-order valence-corrected chi connectivity index (χ1v) is 11.2. The lowest BCUT2D eigenvalue weighted by atomic mass is 10.1. The second kappa shape index (κ2) is 8.68. The summed E-state index contributed by atoms with van der Waals surface area (Å²) in [6.07, 6.45) is 5.80. The Kier molecular flexibility index (Phi) is 5.61. The molecule has 1 fully saturated rings. The van der Waals surface area contributed by atoms with Crippen LogP contribution in [-0.4, -0.2) is 70.2 Å². The lowest BCUT2D eigenvalue weighted by Crippen LogP contribution is -2.63. The smallest absolute Gasteiger partial charge is 0.224 e. The van der Waals surface area contributed by atoms with Crippen molar-refractivity contribution in [3.05, 3.63) is 53.6 Å². The molecule has 9 heteroatoms. The number of likely N-dealkylation sites (tertiary alicyclic amines) is 1. The quantitative estimate of drug-likeness (QED) is 0.564. The van der Waals surface area contributed by atoms with Crippen LogP contribution in [0.4, 0.5) is 0 Å². The van der Waals surface area contributed by atoms with Crippen molar-refractivity contribution in [2.75, 3.05) is 32.7 Å². The molecule has 5 rings (SSSR count). The number of fused-ring (bicyclic) bond motifs is 1. The SMILES string of the molecule is NC1(Cc2ccccc2)N=C(NCCN2CCCC2)N=C(N2CCc3nc[nH]c3C2)N1. The molecule has 0 spiro atoms. The van der Waals surface area contributed by atoms with E-state index >= 15 is 0 Å². The van der Waals surface area contributed by atoms with E-state index in [1.165, 1.54) is 25.9 Å². The molecule has 5 N–H and O–H groups in total. The van der Waals surface area contributed by atoms with E-state index in [9.17, 15) is 0 Å². The van der Waals surface area contributed by atoms with Gasteiger partial charge in [0.1, 0.15) is 0 Å². The van der Waals surface area contributed by atoms with Crippen molar-refractivity contribution in [3.8, 4) is 0 Å². The molecule has 1 atom stereocenters. The van der Waals surface area contributed by atoms with Crippen LogP contribution in [0, 0.1) is 0 Å². The number of hydrogen-bond acceptors (Lipinski definition) is 8. The molecule has 1 aromatic carbocycles. The van der Waals surface area contributed by atoms with E-state index in [0.29, 0.717) is 12.4 Å². The highest BCUT2D eigenvalue weighted by molar-refractivity contribution is 5.97. The molecule has 31 heavy (non-hydrogen) atoms. The molecule has 3 aliphatic heterocycles. The molecule has 0 radical (unpaired) electrons. The maximum Gasteiger partial charge on any atom is 0.224 e. The monoisotopic (exact) mass is 421 g/mol. The van der Waals surface area contributed by atoms with Crippen LogP contribution in [0.25, 0.3) is 0 Å². The summed E-state index contributed by atoms with van der Waals surface area (Å²) in [4.78, 5) is 21.9. The third-order valence-electron chi connectivity index (χ3n) is 6.15. The minimum absolute atomic E-state index is 0.577. The van der Waals surface area contributed by atoms with E-state index in [-0.39, 0.29) is 0 Å². The summed E-state index contributed by atoms with van der Waals surface area (Å²) in [5.74, 6) is 0.405. The molecule has 2 aromatic rings. The Hall–Kier alpha value is -2.91. The predicted octanol–water partition coefficient (Wildman–Crippen LogP) is 0.624. The molecule has 1 saturated heterocycles. The van der Waals surface area contributed by atoms with Crippen molar-refractivity contribution in [2.24, 2.45) is 15.7 Å². The number of rotatable bonds is 5. The average Bonchev–Trinajstić information content (AvgIpc) is 3.45. The first-order chi connectivity index (χ1) is 15.2. The van der Waals surface area contributed by atoms with Gasteiger partial charge < -0.3 is 25.4 Å². The summed E-state index contributed by atoms with van der Waals surface area (Å²) < 4.78 is 0. The van der Waals surface area contributed by atoms with Gasteiger partial charge in [0.15, 0.2) is 5.79 Å².